The van der Waals surface area contributed by atoms with E-state index in [9.17, 15) is 8.78 Å². The first-order chi connectivity index (χ1) is 12.4. The molecule has 2 aromatic carbocycles. The Morgan fingerprint density at radius 3 is 2.42 bits per heavy atom. The number of aryl methyl sites for hydroxylation is 1. The van der Waals surface area contributed by atoms with Crippen molar-refractivity contribution in [1.82, 2.24) is 0 Å². The van der Waals surface area contributed by atoms with Gasteiger partial charge >= 0.3 is 0 Å². The molecule has 0 fully saturated rings. The second-order valence-corrected chi connectivity index (χ2v) is 7.32. The Labute approximate surface area is 155 Å². The summed E-state index contributed by atoms with van der Waals surface area (Å²) in [6.45, 7) is 11.6. The second-order valence-electron chi connectivity index (χ2n) is 7.32. The minimum absolute atomic E-state index is 0.289. The van der Waals surface area contributed by atoms with E-state index in [0.29, 0.717) is 12.0 Å². The molecule has 0 amide bonds. The second kappa shape index (κ2) is 7.65. The molecule has 0 unspecified atom stereocenters. The monoisotopic (exact) mass is 358 g/mol. The molecule has 26 heavy (non-hydrogen) atoms. The standard InChI is InChI=1S/C11H13F2N.C11H15N/c1-7(2)14-4-3-9-10(13)5-8(12)6-11(9)14;1-3-12-8-7-10-9(2)5-4-6-11(10)12/h5-7H,3-4H2,1-2H3;4-6H,3,7-8H2,1-2H3. The summed E-state index contributed by atoms with van der Waals surface area (Å²) >= 11 is 0. The summed E-state index contributed by atoms with van der Waals surface area (Å²) in [7, 11) is 0. The zero-order valence-electron chi connectivity index (χ0n) is 16.1. The van der Waals surface area contributed by atoms with E-state index in [4.69, 9.17) is 0 Å². The van der Waals surface area contributed by atoms with E-state index in [1.54, 1.807) is 5.56 Å². The van der Waals surface area contributed by atoms with Gasteiger partial charge in [-0.05, 0) is 63.8 Å². The van der Waals surface area contributed by atoms with Crippen molar-refractivity contribution in [3.05, 3.63) is 58.7 Å². The maximum atomic E-state index is 13.3. The van der Waals surface area contributed by atoms with Crippen LogP contribution in [0.1, 0.15) is 37.5 Å². The summed E-state index contributed by atoms with van der Waals surface area (Å²) in [5.41, 5.74) is 5.83. The highest BCUT2D eigenvalue weighted by Crippen LogP contribution is 2.32. The van der Waals surface area contributed by atoms with Gasteiger partial charge in [-0.3, -0.25) is 0 Å². The maximum Gasteiger partial charge on any atom is 0.131 e. The van der Waals surface area contributed by atoms with Crippen LogP contribution in [0.3, 0.4) is 0 Å². The van der Waals surface area contributed by atoms with Crippen molar-refractivity contribution in [2.75, 3.05) is 29.4 Å². The van der Waals surface area contributed by atoms with Crippen LogP contribution in [0.15, 0.2) is 30.3 Å². The van der Waals surface area contributed by atoms with Crippen LogP contribution in [0.2, 0.25) is 0 Å². The summed E-state index contributed by atoms with van der Waals surface area (Å²) in [4.78, 5) is 4.48. The van der Waals surface area contributed by atoms with E-state index in [-0.39, 0.29) is 6.04 Å². The molecule has 0 spiro atoms. The molecule has 2 aliphatic rings. The molecule has 2 aliphatic heterocycles. The van der Waals surface area contributed by atoms with Gasteiger partial charge in [0, 0.05) is 48.7 Å². The summed E-state index contributed by atoms with van der Waals surface area (Å²) < 4.78 is 26.3. The largest absolute Gasteiger partial charge is 0.371 e. The van der Waals surface area contributed by atoms with Crippen molar-refractivity contribution in [2.45, 2.75) is 46.6 Å². The molecular formula is C22H28F2N2. The smallest absolute Gasteiger partial charge is 0.131 e. The Hall–Kier alpha value is -2.10. The Morgan fingerprint density at radius 2 is 1.73 bits per heavy atom. The van der Waals surface area contributed by atoms with Crippen LogP contribution in [0, 0.1) is 18.6 Å². The fraction of sp³-hybridized carbons (Fsp3) is 0.455. The fourth-order valence-corrected chi connectivity index (χ4v) is 3.99. The van der Waals surface area contributed by atoms with E-state index in [1.807, 2.05) is 18.7 Å². The molecule has 140 valence electrons. The van der Waals surface area contributed by atoms with Gasteiger partial charge in [-0.15, -0.1) is 0 Å². The molecule has 0 bridgehead atoms. The average molecular weight is 358 g/mol. The van der Waals surface area contributed by atoms with Crippen LogP contribution < -0.4 is 9.80 Å². The first kappa shape index (κ1) is 18.7. The van der Waals surface area contributed by atoms with Crippen LogP contribution >= 0.6 is 0 Å². The predicted octanol–water partition coefficient (Wildman–Crippen LogP) is 5.11. The minimum atomic E-state index is -0.492. The molecule has 0 saturated heterocycles. The number of fused-ring (bicyclic) bond motifs is 2. The molecular weight excluding hydrogens is 330 g/mol. The number of halogens is 2. The van der Waals surface area contributed by atoms with Crippen molar-refractivity contribution in [2.24, 2.45) is 0 Å². The topological polar surface area (TPSA) is 6.48 Å². The first-order valence-corrected chi connectivity index (χ1v) is 9.50. The zero-order chi connectivity index (χ0) is 18.8. The Kier molecular flexibility index (Phi) is 5.49. The minimum Gasteiger partial charge on any atom is -0.371 e. The lowest BCUT2D eigenvalue weighted by atomic mass is 10.1. The van der Waals surface area contributed by atoms with Gasteiger partial charge < -0.3 is 9.80 Å². The van der Waals surface area contributed by atoms with Crippen LogP contribution in [0.5, 0.6) is 0 Å². The van der Waals surface area contributed by atoms with Gasteiger partial charge in [0.25, 0.3) is 0 Å². The SMILES string of the molecule is CC(C)N1CCc2c(F)cc(F)cc21.CCN1CCc2c(C)cccc21. The van der Waals surface area contributed by atoms with Gasteiger partial charge in [0.15, 0.2) is 0 Å². The Bertz CT molecular complexity index is 786. The average Bonchev–Trinajstić information content (AvgIpc) is 3.20. The number of benzene rings is 2. The third-order valence-corrected chi connectivity index (χ3v) is 5.41. The zero-order valence-corrected chi connectivity index (χ0v) is 16.1. The van der Waals surface area contributed by atoms with E-state index in [2.05, 4.69) is 36.9 Å². The van der Waals surface area contributed by atoms with Gasteiger partial charge in [-0.2, -0.15) is 0 Å². The highest BCUT2D eigenvalue weighted by Gasteiger charge is 2.24. The van der Waals surface area contributed by atoms with Crippen molar-refractivity contribution < 1.29 is 8.78 Å². The third-order valence-electron chi connectivity index (χ3n) is 5.41. The molecule has 2 nitrogen and oxygen atoms in total. The van der Waals surface area contributed by atoms with E-state index >= 15 is 0 Å². The van der Waals surface area contributed by atoms with Gasteiger partial charge in [0.2, 0.25) is 0 Å². The molecule has 4 rings (SSSR count). The highest BCUT2D eigenvalue weighted by atomic mass is 19.1. The summed E-state index contributed by atoms with van der Waals surface area (Å²) in [6, 6.07) is 9.27. The number of rotatable bonds is 2. The molecule has 0 radical (unpaired) electrons. The molecule has 0 N–H and O–H groups in total. The number of hydrogen-bond donors (Lipinski definition) is 0. The van der Waals surface area contributed by atoms with Crippen molar-refractivity contribution in [3.8, 4) is 0 Å². The molecule has 0 aromatic heterocycles. The van der Waals surface area contributed by atoms with E-state index in [0.717, 1.165) is 24.8 Å². The number of likely N-dealkylation sites (N-methyl/N-ethyl adjacent to an activating group) is 1. The molecule has 4 heteroatoms. The number of hydrogen-bond acceptors (Lipinski definition) is 2. The molecule has 2 heterocycles. The third kappa shape index (κ3) is 3.55. The van der Waals surface area contributed by atoms with Crippen LogP contribution in [-0.4, -0.2) is 25.7 Å². The summed E-state index contributed by atoms with van der Waals surface area (Å²) in [6.07, 6.45) is 1.91. The van der Waals surface area contributed by atoms with Gasteiger partial charge in [-0.25, -0.2) is 8.78 Å². The number of nitrogens with zero attached hydrogens (tertiary/aromatic N) is 2. The number of anilines is 2. The quantitative estimate of drug-likeness (QED) is 0.736. The van der Waals surface area contributed by atoms with Crippen LogP contribution in [0.4, 0.5) is 20.2 Å². The lowest BCUT2D eigenvalue weighted by molar-refractivity contribution is 0.577. The van der Waals surface area contributed by atoms with Crippen LogP contribution in [0.25, 0.3) is 0 Å². The van der Waals surface area contributed by atoms with Crippen molar-refractivity contribution >= 4 is 11.4 Å². The van der Waals surface area contributed by atoms with E-state index < -0.39 is 11.6 Å². The lowest BCUT2D eigenvalue weighted by Crippen LogP contribution is -2.28. The molecule has 0 saturated carbocycles. The Balaban J connectivity index is 0.000000152. The van der Waals surface area contributed by atoms with Gasteiger partial charge in [-0.1, -0.05) is 12.1 Å². The van der Waals surface area contributed by atoms with E-state index in [1.165, 1.54) is 30.3 Å². The lowest BCUT2D eigenvalue weighted by Gasteiger charge is -2.23. The fourth-order valence-electron chi connectivity index (χ4n) is 3.99. The summed E-state index contributed by atoms with van der Waals surface area (Å²) in [5, 5.41) is 0. The Morgan fingerprint density at radius 1 is 1.00 bits per heavy atom. The summed E-state index contributed by atoms with van der Waals surface area (Å²) in [5.74, 6) is -0.906. The normalized spacial score (nSPS) is 15.0. The molecule has 2 aromatic rings. The predicted molar refractivity (Wildman–Crippen MR) is 105 cm³/mol. The molecule has 0 atom stereocenters. The van der Waals surface area contributed by atoms with Crippen molar-refractivity contribution in [3.63, 3.8) is 0 Å². The van der Waals surface area contributed by atoms with Crippen molar-refractivity contribution in [1.29, 1.82) is 0 Å². The van der Waals surface area contributed by atoms with Crippen LogP contribution in [-0.2, 0) is 12.8 Å². The van der Waals surface area contributed by atoms with Gasteiger partial charge in [0.05, 0.1) is 0 Å². The van der Waals surface area contributed by atoms with Gasteiger partial charge in [0.1, 0.15) is 11.6 Å². The highest BCUT2D eigenvalue weighted by molar-refractivity contribution is 5.60. The first-order valence-electron chi connectivity index (χ1n) is 9.50. The molecule has 0 aliphatic carbocycles. The maximum absolute atomic E-state index is 13.3.